The lowest BCUT2D eigenvalue weighted by molar-refractivity contribution is -0.143. The summed E-state index contributed by atoms with van der Waals surface area (Å²) in [6.45, 7) is 3.71. The predicted molar refractivity (Wildman–Crippen MR) is 96.0 cm³/mol. The molecule has 7 heteroatoms. The first-order valence-electron chi connectivity index (χ1n) is 7.97. The largest absolute Gasteiger partial charge is 0.504 e. The summed E-state index contributed by atoms with van der Waals surface area (Å²) in [6.07, 6.45) is -0.319. The second kappa shape index (κ2) is 8.45. The van der Waals surface area contributed by atoms with E-state index in [-0.39, 0.29) is 30.7 Å². The molecule has 0 amide bonds. The number of halogens is 1. The number of nitrogens with zero attached hydrogens (tertiary/aromatic N) is 2. The molecule has 6 nitrogen and oxygen atoms in total. The second-order valence-electron chi connectivity index (χ2n) is 5.53. The van der Waals surface area contributed by atoms with Crippen molar-refractivity contribution in [3.8, 4) is 23.1 Å². The first-order chi connectivity index (χ1) is 12.4. The molecule has 0 saturated heterocycles. The highest BCUT2D eigenvalue weighted by Crippen LogP contribution is 2.33. The number of carbonyl (C=O) groups excluding carboxylic acids is 2. The average molecular weight is 373 g/mol. The van der Waals surface area contributed by atoms with Crippen LogP contribution in [-0.2, 0) is 9.53 Å². The number of pyridine rings is 1. The van der Waals surface area contributed by atoms with Crippen LogP contribution in [0.15, 0.2) is 24.3 Å². The van der Waals surface area contributed by atoms with Crippen molar-refractivity contribution in [2.75, 3.05) is 6.61 Å². The van der Waals surface area contributed by atoms with Crippen LogP contribution in [0.5, 0.6) is 5.75 Å². The lowest BCUT2D eigenvalue weighted by Gasteiger charge is -2.10. The number of aromatic hydroxyl groups is 1. The molecule has 134 valence electrons. The first-order valence-corrected chi connectivity index (χ1v) is 8.35. The fraction of sp³-hybridized carbons (Fsp3) is 0.263. The maximum atomic E-state index is 12.4. The lowest BCUT2D eigenvalue weighted by Crippen LogP contribution is -2.10. The number of carbonyl (C=O) groups is 2. The zero-order chi connectivity index (χ0) is 19.3. The van der Waals surface area contributed by atoms with Gasteiger partial charge in [0.15, 0.2) is 11.5 Å². The minimum Gasteiger partial charge on any atom is -0.504 e. The molecule has 26 heavy (non-hydrogen) atoms. The van der Waals surface area contributed by atoms with Crippen LogP contribution in [0.3, 0.4) is 0 Å². The average Bonchev–Trinajstić information content (AvgIpc) is 2.62. The number of benzene rings is 1. The maximum absolute atomic E-state index is 12.4. The number of nitriles is 1. The van der Waals surface area contributed by atoms with Crippen molar-refractivity contribution in [2.45, 2.75) is 26.7 Å². The Bertz CT molecular complexity index is 903. The molecule has 0 atom stereocenters. The monoisotopic (exact) mass is 372 g/mol. The summed E-state index contributed by atoms with van der Waals surface area (Å²) in [6, 6.07) is 8.53. The van der Waals surface area contributed by atoms with E-state index in [1.807, 2.05) is 19.1 Å². The standard InChI is InChI=1S/C19H17ClN2O4/c1-3-26-16(24)8-7-15(23)18-19(25)12(10-21)9-14(22-18)13-6-4-5-11(2)17(13)20/h4-6,9,25H,3,7-8H2,1-2H3. The van der Waals surface area contributed by atoms with Crippen LogP contribution in [0.1, 0.15) is 41.4 Å². The van der Waals surface area contributed by atoms with E-state index in [0.717, 1.165) is 5.56 Å². The Labute approximate surface area is 156 Å². The summed E-state index contributed by atoms with van der Waals surface area (Å²) in [4.78, 5) is 28.0. The van der Waals surface area contributed by atoms with Gasteiger partial charge in [-0.05, 0) is 25.5 Å². The van der Waals surface area contributed by atoms with Gasteiger partial charge in [0.2, 0.25) is 0 Å². The number of Topliss-reactive ketones (excluding diaryl/α,β-unsaturated/α-hetero) is 1. The Morgan fingerprint density at radius 2 is 2.08 bits per heavy atom. The van der Waals surface area contributed by atoms with Gasteiger partial charge in [0.1, 0.15) is 11.8 Å². The van der Waals surface area contributed by atoms with Crippen molar-refractivity contribution in [1.29, 1.82) is 5.26 Å². The third-order valence-corrected chi connectivity index (χ3v) is 4.21. The molecule has 0 aliphatic carbocycles. The number of ketones is 1. The molecule has 0 unspecified atom stereocenters. The van der Waals surface area contributed by atoms with E-state index in [0.29, 0.717) is 16.3 Å². The SMILES string of the molecule is CCOC(=O)CCC(=O)c1nc(-c2cccc(C)c2Cl)cc(C#N)c1O. The molecule has 0 saturated carbocycles. The summed E-state index contributed by atoms with van der Waals surface area (Å²) in [5, 5.41) is 19.9. The highest BCUT2D eigenvalue weighted by atomic mass is 35.5. The fourth-order valence-electron chi connectivity index (χ4n) is 2.37. The molecule has 0 aliphatic rings. The number of ether oxygens (including phenoxy) is 1. The van der Waals surface area contributed by atoms with Crippen LogP contribution in [0.25, 0.3) is 11.3 Å². The van der Waals surface area contributed by atoms with Crippen LogP contribution < -0.4 is 0 Å². The van der Waals surface area contributed by atoms with Crippen molar-refractivity contribution >= 4 is 23.4 Å². The zero-order valence-corrected chi connectivity index (χ0v) is 15.1. The minimum absolute atomic E-state index is 0.0907. The number of aryl methyl sites for hydroxylation is 1. The van der Waals surface area contributed by atoms with Gasteiger partial charge in [-0.1, -0.05) is 29.8 Å². The Morgan fingerprint density at radius 1 is 1.35 bits per heavy atom. The summed E-state index contributed by atoms with van der Waals surface area (Å²) < 4.78 is 4.78. The van der Waals surface area contributed by atoms with Gasteiger partial charge in [0.05, 0.1) is 29.3 Å². The normalized spacial score (nSPS) is 10.2. The molecule has 1 aromatic carbocycles. The topological polar surface area (TPSA) is 100 Å². The van der Waals surface area contributed by atoms with Crippen LogP contribution in [0.4, 0.5) is 0 Å². The van der Waals surface area contributed by atoms with Gasteiger partial charge in [-0.25, -0.2) is 4.98 Å². The lowest BCUT2D eigenvalue weighted by atomic mass is 10.0. The van der Waals surface area contributed by atoms with Crippen molar-refractivity contribution < 1.29 is 19.4 Å². The van der Waals surface area contributed by atoms with Crippen molar-refractivity contribution in [2.24, 2.45) is 0 Å². The highest BCUT2D eigenvalue weighted by Gasteiger charge is 2.21. The molecule has 2 aromatic rings. The number of esters is 1. The third kappa shape index (κ3) is 4.19. The molecule has 1 N–H and O–H groups in total. The van der Waals surface area contributed by atoms with E-state index in [1.54, 1.807) is 19.1 Å². The summed E-state index contributed by atoms with van der Waals surface area (Å²) in [5.41, 5.74) is 1.30. The third-order valence-electron chi connectivity index (χ3n) is 3.71. The van der Waals surface area contributed by atoms with Gasteiger partial charge in [-0.3, -0.25) is 9.59 Å². The number of hydrogen-bond donors (Lipinski definition) is 1. The van der Waals surface area contributed by atoms with E-state index in [1.165, 1.54) is 6.07 Å². The molecule has 0 spiro atoms. The van der Waals surface area contributed by atoms with E-state index < -0.39 is 17.5 Å². The van der Waals surface area contributed by atoms with Crippen molar-refractivity contribution in [3.63, 3.8) is 0 Å². The molecule has 0 fully saturated rings. The van der Waals surface area contributed by atoms with Gasteiger partial charge < -0.3 is 9.84 Å². The summed E-state index contributed by atoms with van der Waals surface area (Å²) in [7, 11) is 0. The molecule has 1 aromatic heterocycles. The molecule has 0 aliphatic heterocycles. The van der Waals surface area contributed by atoms with Crippen LogP contribution in [-0.4, -0.2) is 28.4 Å². The van der Waals surface area contributed by atoms with Gasteiger partial charge in [0.25, 0.3) is 0 Å². The van der Waals surface area contributed by atoms with Crippen molar-refractivity contribution in [3.05, 3.63) is 46.1 Å². The Balaban J connectivity index is 2.44. The van der Waals surface area contributed by atoms with Gasteiger partial charge in [-0.15, -0.1) is 0 Å². The van der Waals surface area contributed by atoms with Crippen LogP contribution >= 0.6 is 11.6 Å². The minimum atomic E-state index is -0.558. The van der Waals surface area contributed by atoms with E-state index >= 15 is 0 Å². The number of rotatable bonds is 6. The Hall–Kier alpha value is -2.91. The predicted octanol–water partition coefficient (Wildman–Crippen LogP) is 3.81. The van der Waals surface area contributed by atoms with Crippen LogP contribution in [0.2, 0.25) is 5.02 Å². The molecule has 0 bridgehead atoms. The summed E-state index contributed by atoms with van der Waals surface area (Å²) in [5.74, 6) is -1.58. The van der Waals surface area contributed by atoms with Gasteiger partial charge in [0, 0.05) is 12.0 Å². The highest BCUT2D eigenvalue weighted by molar-refractivity contribution is 6.34. The number of aromatic nitrogens is 1. The van der Waals surface area contributed by atoms with Gasteiger partial charge in [-0.2, -0.15) is 5.26 Å². The zero-order valence-electron chi connectivity index (χ0n) is 14.4. The van der Waals surface area contributed by atoms with E-state index in [4.69, 9.17) is 16.3 Å². The quantitative estimate of drug-likeness (QED) is 0.611. The Kier molecular flexibility index (Phi) is 6.31. The van der Waals surface area contributed by atoms with Crippen LogP contribution in [0, 0.1) is 18.3 Å². The first kappa shape index (κ1) is 19.4. The maximum Gasteiger partial charge on any atom is 0.306 e. The molecular formula is C19H17ClN2O4. The molecule has 2 rings (SSSR count). The van der Waals surface area contributed by atoms with E-state index in [2.05, 4.69) is 4.98 Å². The molecule has 0 radical (unpaired) electrons. The number of hydrogen-bond acceptors (Lipinski definition) is 6. The smallest absolute Gasteiger partial charge is 0.306 e. The second-order valence-corrected chi connectivity index (χ2v) is 5.91. The summed E-state index contributed by atoms with van der Waals surface area (Å²) >= 11 is 6.30. The Morgan fingerprint density at radius 3 is 2.73 bits per heavy atom. The molecular weight excluding hydrogens is 356 g/mol. The van der Waals surface area contributed by atoms with Gasteiger partial charge >= 0.3 is 5.97 Å². The van der Waals surface area contributed by atoms with Crippen molar-refractivity contribution in [1.82, 2.24) is 4.98 Å². The fourth-order valence-corrected chi connectivity index (χ4v) is 2.59. The molecule has 1 heterocycles. The van der Waals surface area contributed by atoms with E-state index in [9.17, 15) is 20.0 Å².